The van der Waals surface area contributed by atoms with Crippen LogP contribution in [0.1, 0.15) is 25.3 Å². The van der Waals surface area contributed by atoms with Gasteiger partial charge in [0.25, 0.3) is 0 Å². The minimum Gasteiger partial charge on any atom is -0.456 e. The number of rotatable bonds is 4. The number of fused-ring (bicyclic) bond motifs is 14. The highest BCUT2D eigenvalue weighted by Gasteiger charge is 2.23. The molecule has 0 amide bonds. The molecule has 9 aromatic carbocycles. The molecule has 0 spiro atoms. The second-order valence-electron chi connectivity index (χ2n) is 14.2. The van der Waals surface area contributed by atoms with E-state index in [0.717, 1.165) is 66.3 Å². The first-order valence-corrected chi connectivity index (χ1v) is 18.0. The van der Waals surface area contributed by atoms with Crippen LogP contribution in [0, 0.1) is 0 Å². The number of hydrogen-bond donors (Lipinski definition) is 0. The van der Waals surface area contributed by atoms with Gasteiger partial charge in [-0.1, -0.05) is 123 Å². The van der Waals surface area contributed by atoms with Crippen LogP contribution in [0.15, 0.2) is 167 Å². The molecule has 0 fully saturated rings. The Morgan fingerprint density at radius 2 is 0.923 bits per heavy atom. The smallest absolute Gasteiger partial charge is 0.143 e. The molecule has 0 N–H and O–H groups in total. The number of para-hydroxylation sites is 1. The molecule has 0 aliphatic rings. The van der Waals surface area contributed by atoms with Crippen LogP contribution in [0.3, 0.4) is 0 Å². The summed E-state index contributed by atoms with van der Waals surface area (Å²) >= 11 is 0. The van der Waals surface area contributed by atoms with Gasteiger partial charge in [-0.05, 0) is 92.3 Å². The predicted molar refractivity (Wildman–Crippen MR) is 220 cm³/mol. The average Bonchev–Trinajstić information content (AvgIpc) is 3.76. The number of hydrogen-bond acceptors (Lipinski definition) is 3. The minimum atomic E-state index is 0.343. The molecular formula is C49H33NO2. The Bertz CT molecular complexity index is 3200. The third-order valence-electron chi connectivity index (χ3n) is 11.0. The third kappa shape index (κ3) is 4.14. The Morgan fingerprint density at radius 3 is 1.63 bits per heavy atom. The fraction of sp³-hybridized carbons (Fsp3) is 0.0612. The molecular weight excluding hydrogens is 635 g/mol. The normalized spacial score (nSPS) is 12.2. The summed E-state index contributed by atoms with van der Waals surface area (Å²) in [4.78, 5) is 2.43. The first-order valence-electron chi connectivity index (χ1n) is 18.0. The van der Waals surface area contributed by atoms with Crippen LogP contribution in [0.4, 0.5) is 17.1 Å². The summed E-state index contributed by atoms with van der Waals surface area (Å²) in [6.07, 6.45) is 0. The van der Waals surface area contributed by atoms with Crippen molar-refractivity contribution in [2.75, 3.05) is 4.90 Å². The minimum absolute atomic E-state index is 0.343. The van der Waals surface area contributed by atoms with Crippen LogP contribution < -0.4 is 4.90 Å². The lowest BCUT2D eigenvalue weighted by Gasteiger charge is -2.28. The van der Waals surface area contributed by atoms with Gasteiger partial charge in [0.15, 0.2) is 0 Å². The number of benzene rings is 9. The van der Waals surface area contributed by atoms with E-state index in [4.69, 9.17) is 8.83 Å². The summed E-state index contributed by atoms with van der Waals surface area (Å²) < 4.78 is 13.0. The van der Waals surface area contributed by atoms with Crippen molar-refractivity contribution in [1.82, 2.24) is 0 Å². The molecule has 52 heavy (non-hydrogen) atoms. The van der Waals surface area contributed by atoms with Crippen molar-refractivity contribution < 1.29 is 8.83 Å². The molecule has 3 nitrogen and oxygen atoms in total. The topological polar surface area (TPSA) is 29.5 Å². The third-order valence-corrected chi connectivity index (χ3v) is 11.0. The first-order chi connectivity index (χ1) is 25.6. The van der Waals surface area contributed by atoms with Crippen LogP contribution in [0.5, 0.6) is 0 Å². The first kappa shape index (κ1) is 29.2. The van der Waals surface area contributed by atoms with E-state index in [0.29, 0.717) is 5.92 Å². The summed E-state index contributed by atoms with van der Waals surface area (Å²) in [5, 5.41) is 14.3. The lowest BCUT2D eigenvalue weighted by molar-refractivity contribution is 0.669. The molecule has 0 saturated carbocycles. The molecule has 11 aromatic rings. The fourth-order valence-electron chi connectivity index (χ4n) is 8.64. The Hall–Kier alpha value is -6.58. The molecule has 246 valence electrons. The van der Waals surface area contributed by atoms with E-state index < -0.39 is 0 Å². The van der Waals surface area contributed by atoms with Gasteiger partial charge >= 0.3 is 0 Å². The number of furan rings is 2. The van der Waals surface area contributed by atoms with Crippen LogP contribution in [0.25, 0.3) is 87.0 Å². The molecule has 0 atom stereocenters. The zero-order chi connectivity index (χ0) is 34.5. The van der Waals surface area contributed by atoms with Crippen molar-refractivity contribution in [3.05, 3.63) is 163 Å². The maximum absolute atomic E-state index is 6.71. The van der Waals surface area contributed by atoms with E-state index in [-0.39, 0.29) is 0 Å². The van der Waals surface area contributed by atoms with Crippen LogP contribution >= 0.6 is 0 Å². The Labute approximate surface area is 299 Å². The molecule has 0 saturated heterocycles. The van der Waals surface area contributed by atoms with Crippen molar-refractivity contribution in [3.63, 3.8) is 0 Å². The Morgan fingerprint density at radius 1 is 0.385 bits per heavy atom. The monoisotopic (exact) mass is 667 g/mol. The van der Waals surface area contributed by atoms with E-state index in [1.807, 2.05) is 12.1 Å². The van der Waals surface area contributed by atoms with Gasteiger partial charge in [0.05, 0.1) is 5.69 Å². The van der Waals surface area contributed by atoms with Gasteiger partial charge in [-0.2, -0.15) is 0 Å². The summed E-state index contributed by atoms with van der Waals surface area (Å²) in [5.74, 6) is 0.343. The van der Waals surface area contributed by atoms with Gasteiger partial charge in [-0.25, -0.2) is 0 Å². The van der Waals surface area contributed by atoms with Gasteiger partial charge in [-0.3, -0.25) is 0 Å². The van der Waals surface area contributed by atoms with E-state index in [1.165, 1.54) is 43.3 Å². The maximum Gasteiger partial charge on any atom is 0.143 e. The predicted octanol–water partition coefficient (Wildman–Crippen LogP) is 14.7. The highest BCUT2D eigenvalue weighted by atomic mass is 16.3. The molecule has 2 heterocycles. The zero-order valence-electron chi connectivity index (χ0n) is 28.9. The zero-order valence-corrected chi connectivity index (χ0v) is 28.9. The second-order valence-corrected chi connectivity index (χ2v) is 14.2. The number of nitrogens with zero attached hydrogens (tertiary/aromatic N) is 1. The Kier molecular flexibility index (Phi) is 6.15. The van der Waals surface area contributed by atoms with E-state index >= 15 is 0 Å². The Balaban J connectivity index is 1.28. The van der Waals surface area contributed by atoms with Crippen LogP contribution in [-0.4, -0.2) is 0 Å². The summed E-state index contributed by atoms with van der Waals surface area (Å²) in [6, 6.07) is 56.9. The van der Waals surface area contributed by atoms with Gasteiger partial charge in [0.1, 0.15) is 22.3 Å². The molecule has 0 aliphatic carbocycles. The maximum atomic E-state index is 6.71. The molecule has 2 aromatic heterocycles. The largest absolute Gasteiger partial charge is 0.456 e. The molecule has 0 unspecified atom stereocenters. The quantitative estimate of drug-likeness (QED) is 0.175. The summed E-state index contributed by atoms with van der Waals surface area (Å²) in [6.45, 7) is 4.52. The summed E-state index contributed by atoms with van der Waals surface area (Å²) in [7, 11) is 0. The van der Waals surface area contributed by atoms with E-state index in [2.05, 4.69) is 164 Å². The highest BCUT2D eigenvalue weighted by Crippen LogP contribution is 2.48. The van der Waals surface area contributed by atoms with Gasteiger partial charge in [-0.15, -0.1) is 0 Å². The highest BCUT2D eigenvalue weighted by molar-refractivity contribution is 6.26. The second kappa shape index (κ2) is 11.0. The average molecular weight is 668 g/mol. The van der Waals surface area contributed by atoms with Crippen molar-refractivity contribution in [2.45, 2.75) is 19.8 Å². The van der Waals surface area contributed by atoms with E-state index in [1.54, 1.807) is 0 Å². The van der Waals surface area contributed by atoms with E-state index in [9.17, 15) is 0 Å². The van der Waals surface area contributed by atoms with Crippen molar-refractivity contribution in [2.24, 2.45) is 0 Å². The lowest BCUT2D eigenvalue weighted by atomic mass is 9.93. The van der Waals surface area contributed by atoms with Crippen LogP contribution in [-0.2, 0) is 0 Å². The van der Waals surface area contributed by atoms with Gasteiger partial charge < -0.3 is 13.7 Å². The standard InChI is InChI=1S/C49H33NO2/c1-29(2)32-19-11-21-47-48(32)43-28-44(38-16-7-8-18-40(38)49(43)52-47)50(31-23-25-46-42(27-31)39-17-9-10-20-45(39)51-46)30-22-24-37-35-14-4-3-12-33(35)34-13-5-6-15-36(34)41(37)26-30/h3-29H,1-2H3. The lowest BCUT2D eigenvalue weighted by Crippen LogP contribution is -2.10. The molecule has 0 bridgehead atoms. The van der Waals surface area contributed by atoms with Crippen molar-refractivity contribution >= 4 is 104 Å². The van der Waals surface area contributed by atoms with Crippen LogP contribution in [0.2, 0.25) is 0 Å². The SMILES string of the molecule is CC(C)c1cccc2oc3c4ccccc4c(N(c4ccc5oc6ccccc6c5c4)c4ccc5c6ccccc6c6ccccc6c5c4)cc3c12. The van der Waals surface area contributed by atoms with Gasteiger partial charge in [0, 0.05) is 43.7 Å². The summed E-state index contributed by atoms with van der Waals surface area (Å²) in [5.41, 5.74) is 8.15. The van der Waals surface area contributed by atoms with Crippen molar-refractivity contribution in [1.29, 1.82) is 0 Å². The molecule has 0 aliphatic heterocycles. The molecule has 11 rings (SSSR count). The van der Waals surface area contributed by atoms with Gasteiger partial charge in [0.2, 0.25) is 0 Å². The fourth-order valence-corrected chi connectivity index (χ4v) is 8.64. The van der Waals surface area contributed by atoms with Crippen molar-refractivity contribution in [3.8, 4) is 0 Å². The number of anilines is 3. The molecule has 3 heteroatoms. The molecule has 0 radical (unpaired) electrons.